The molecule has 2 heterocycles. The Morgan fingerprint density at radius 2 is 2.00 bits per heavy atom. The minimum absolute atomic E-state index is 0.227. The minimum atomic E-state index is -0.252. The molecule has 1 amide bonds. The lowest BCUT2D eigenvalue weighted by Crippen LogP contribution is -2.42. The molecule has 1 aliphatic heterocycles. The number of hydrogen-bond acceptors (Lipinski definition) is 6. The van der Waals surface area contributed by atoms with Gasteiger partial charge >= 0.3 is 6.09 Å². The number of carbonyl (C=O) groups is 1. The Morgan fingerprint density at radius 1 is 1.26 bits per heavy atom. The zero-order chi connectivity index (χ0) is 19.1. The van der Waals surface area contributed by atoms with E-state index in [2.05, 4.69) is 20.6 Å². The van der Waals surface area contributed by atoms with Crippen molar-refractivity contribution in [3.05, 3.63) is 48.0 Å². The summed E-state index contributed by atoms with van der Waals surface area (Å²) in [6.45, 7) is 3.85. The van der Waals surface area contributed by atoms with Crippen LogP contribution in [-0.2, 0) is 11.3 Å². The van der Waals surface area contributed by atoms with Crippen molar-refractivity contribution in [1.29, 1.82) is 0 Å². The number of likely N-dealkylation sites (tertiary alicyclic amines) is 1. The van der Waals surface area contributed by atoms with Crippen molar-refractivity contribution >= 4 is 17.7 Å². The molecule has 8 heteroatoms. The molecule has 1 fully saturated rings. The number of hydrogen-bond donors (Lipinski definition) is 2. The van der Waals surface area contributed by atoms with Crippen LogP contribution in [0.3, 0.4) is 0 Å². The number of ether oxygens (including phenoxy) is 1. The maximum absolute atomic E-state index is 13.7. The van der Waals surface area contributed by atoms with E-state index in [0.29, 0.717) is 43.4 Å². The molecule has 0 atom stereocenters. The van der Waals surface area contributed by atoms with Gasteiger partial charge in [-0.1, -0.05) is 18.2 Å². The fourth-order valence-electron chi connectivity index (χ4n) is 2.99. The van der Waals surface area contributed by atoms with Crippen LogP contribution in [0, 0.1) is 5.82 Å². The summed E-state index contributed by atoms with van der Waals surface area (Å²) in [5.41, 5.74) is 0.581. The lowest BCUT2D eigenvalue weighted by Gasteiger charge is -2.31. The average Bonchev–Trinajstić information content (AvgIpc) is 2.68. The van der Waals surface area contributed by atoms with E-state index in [4.69, 9.17) is 4.74 Å². The van der Waals surface area contributed by atoms with Crippen molar-refractivity contribution in [3.8, 4) is 0 Å². The molecule has 7 nitrogen and oxygen atoms in total. The highest BCUT2D eigenvalue weighted by Gasteiger charge is 2.23. The van der Waals surface area contributed by atoms with Crippen LogP contribution in [0.2, 0.25) is 0 Å². The van der Waals surface area contributed by atoms with Crippen LogP contribution in [0.25, 0.3) is 0 Å². The Hall–Kier alpha value is -2.90. The van der Waals surface area contributed by atoms with Gasteiger partial charge in [0.1, 0.15) is 23.8 Å². The van der Waals surface area contributed by atoms with Crippen molar-refractivity contribution in [3.63, 3.8) is 0 Å². The fourth-order valence-corrected chi connectivity index (χ4v) is 2.99. The zero-order valence-electron chi connectivity index (χ0n) is 15.3. The van der Waals surface area contributed by atoms with E-state index in [0.717, 1.165) is 12.8 Å². The fraction of sp³-hybridized carbons (Fsp3) is 0.421. The second-order valence-corrected chi connectivity index (χ2v) is 6.34. The number of nitrogens with one attached hydrogen (secondary N) is 2. The van der Waals surface area contributed by atoms with Gasteiger partial charge in [-0.2, -0.15) is 0 Å². The number of benzene rings is 1. The maximum atomic E-state index is 13.7. The number of anilines is 2. The highest BCUT2D eigenvalue weighted by molar-refractivity contribution is 5.67. The van der Waals surface area contributed by atoms with Gasteiger partial charge in [0.15, 0.2) is 0 Å². The first kappa shape index (κ1) is 18.9. The summed E-state index contributed by atoms with van der Waals surface area (Å²) in [5.74, 6) is 1.08. The number of nitrogens with zero attached hydrogens (tertiary/aromatic N) is 3. The van der Waals surface area contributed by atoms with Gasteiger partial charge in [-0.15, -0.1) is 0 Å². The molecule has 0 bridgehead atoms. The third-order valence-electron chi connectivity index (χ3n) is 4.46. The third-order valence-corrected chi connectivity index (χ3v) is 4.46. The van der Waals surface area contributed by atoms with Crippen LogP contribution in [-0.4, -0.2) is 46.7 Å². The summed E-state index contributed by atoms with van der Waals surface area (Å²) in [5, 5.41) is 6.49. The lowest BCUT2D eigenvalue weighted by atomic mass is 10.1. The number of carbonyl (C=O) groups excluding carboxylic acids is 1. The highest BCUT2D eigenvalue weighted by Crippen LogP contribution is 2.18. The van der Waals surface area contributed by atoms with E-state index >= 15 is 0 Å². The summed E-state index contributed by atoms with van der Waals surface area (Å²) in [6.07, 6.45) is 2.86. The van der Waals surface area contributed by atoms with E-state index in [1.54, 1.807) is 36.1 Å². The van der Waals surface area contributed by atoms with Crippen molar-refractivity contribution in [2.45, 2.75) is 32.4 Å². The van der Waals surface area contributed by atoms with Gasteiger partial charge in [-0.25, -0.2) is 19.2 Å². The summed E-state index contributed by atoms with van der Waals surface area (Å²) >= 11 is 0. The van der Waals surface area contributed by atoms with Gasteiger partial charge in [0.25, 0.3) is 0 Å². The Morgan fingerprint density at radius 3 is 2.74 bits per heavy atom. The molecule has 1 saturated heterocycles. The van der Waals surface area contributed by atoms with Crippen molar-refractivity contribution in [1.82, 2.24) is 14.9 Å². The van der Waals surface area contributed by atoms with Crippen LogP contribution < -0.4 is 10.6 Å². The SMILES string of the molecule is CCOC(=O)N1CCC(Nc2cc(NCc3ccccc3F)ncn2)CC1. The number of aromatic nitrogens is 2. The van der Waals surface area contributed by atoms with Crippen LogP contribution in [0.1, 0.15) is 25.3 Å². The number of amides is 1. The number of piperidine rings is 1. The first-order valence-electron chi connectivity index (χ1n) is 9.13. The minimum Gasteiger partial charge on any atom is -0.450 e. The maximum Gasteiger partial charge on any atom is 0.409 e. The third kappa shape index (κ3) is 5.29. The smallest absolute Gasteiger partial charge is 0.409 e. The van der Waals surface area contributed by atoms with Crippen LogP contribution in [0.15, 0.2) is 36.7 Å². The van der Waals surface area contributed by atoms with E-state index in [9.17, 15) is 9.18 Å². The second-order valence-electron chi connectivity index (χ2n) is 6.34. The van der Waals surface area contributed by atoms with Gasteiger partial charge in [0.05, 0.1) is 6.61 Å². The predicted octanol–water partition coefficient (Wildman–Crippen LogP) is 3.26. The van der Waals surface area contributed by atoms with Gasteiger partial charge in [0, 0.05) is 37.3 Å². The van der Waals surface area contributed by atoms with Crippen molar-refractivity contribution < 1.29 is 13.9 Å². The highest BCUT2D eigenvalue weighted by atomic mass is 19.1. The molecule has 0 unspecified atom stereocenters. The first-order valence-corrected chi connectivity index (χ1v) is 9.13. The lowest BCUT2D eigenvalue weighted by molar-refractivity contribution is 0.0983. The normalized spacial score (nSPS) is 14.7. The Bertz CT molecular complexity index is 765. The average molecular weight is 373 g/mol. The summed E-state index contributed by atoms with van der Waals surface area (Å²) in [7, 11) is 0. The molecule has 0 spiro atoms. The molecule has 0 radical (unpaired) electrons. The summed E-state index contributed by atoms with van der Waals surface area (Å²) < 4.78 is 18.7. The molecular formula is C19H24FN5O2. The quantitative estimate of drug-likeness (QED) is 0.809. The van der Waals surface area contributed by atoms with Gasteiger partial charge in [-0.3, -0.25) is 0 Å². The zero-order valence-corrected chi connectivity index (χ0v) is 15.3. The van der Waals surface area contributed by atoms with E-state index < -0.39 is 0 Å². The molecule has 27 heavy (non-hydrogen) atoms. The molecular weight excluding hydrogens is 349 g/mol. The molecule has 3 rings (SSSR count). The predicted molar refractivity (Wildman–Crippen MR) is 101 cm³/mol. The van der Waals surface area contributed by atoms with Gasteiger partial charge in [-0.05, 0) is 25.8 Å². The molecule has 2 aromatic rings. The van der Waals surface area contributed by atoms with Crippen molar-refractivity contribution in [2.75, 3.05) is 30.3 Å². The van der Waals surface area contributed by atoms with Crippen LogP contribution in [0.5, 0.6) is 0 Å². The molecule has 1 aromatic heterocycles. The monoisotopic (exact) mass is 373 g/mol. The van der Waals surface area contributed by atoms with E-state index in [-0.39, 0.29) is 18.0 Å². The van der Waals surface area contributed by atoms with Crippen LogP contribution in [0.4, 0.5) is 20.8 Å². The standard InChI is InChI=1S/C19H24FN5O2/c1-2-27-19(26)25-9-7-15(8-10-25)24-18-11-17(22-13-23-18)21-12-14-5-3-4-6-16(14)20/h3-6,11,13,15H,2,7-10,12H2,1H3,(H2,21,22,23,24). The molecule has 0 saturated carbocycles. The second kappa shape index (κ2) is 9.16. The molecule has 0 aliphatic carbocycles. The number of rotatable bonds is 6. The van der Waals surface area contributed by atoms with Crippen LogP contribution >= 0.6 is 0 Å². The molecule has 2 N–H and O–H groups in total. The summed E-state index contributed by atoms with van der Waals surface area (Å²) in [4.78, 5) is 21.9. The molecule has 1 aromatic carbocycles. The largest absolute Gasteiger partial charge is 0.450 e. The Balaban J connectivity index is 1.51. The van der Waals surface area contributed by atoms with Gasteiger partial charge in [0.2, 0.25) is 0 Å². The number of halogens is 1. The Labute approximate surface area is 158 Å². The topological polar surface area (TPSA) is 79.4 Å². The van der Waals surface area contributed by atoms with Gasteiger partial charge < -0.3 is 20.3 Å². The van der Waals surface area contributed by atoms with E-state index in [1.165, 1.54) is 12.4 Å². The van der Waals surface area contributed by atoms with Crippen molar-refractivity contribution in [2.24, 2.45) is 0 Å². The summed E-state index contributed by atoms with van der Waals surface area (Å²) in [6, 6.07) is 8.67. The molecule has 1 aliphatic rings. The van der Waals surface area contributed by atoms with E-state index in [1.807, 2.05) is 0 Å². The Kier molecular flexibility index (Phi) is 6.40. The molecule has 144 valence electrons. The first-order chi connectivity index (χ1) is 13.2.